The van der Waals surface area contributed by atoms with Crippen molar-refractivity contribution in [1.29, 1.82) is 0 Å². The highest BCUT2D eigenvalue weighted by atomic mass is 16.5. The Kier molecular flexibility index (Phi) is 14.5. The Morgan fingerprint density at radius 3 is 1.33 bits per heavy atom. The molecular formula is C12H28O9. The highest BCUT2D eigenvalue weighted by Gasteiger charge is 2.29. The number of hydrogen-bond donors (Lipinski definition) is 8. The van der Waals surface area contributed by atoms with Crippen LogP contribution in [-0.2, 0) is 4.74 Å². The summed E-state index contributed by atoms with van der Waals surface area (Å²) in [4.78, 5) is 0. The van der Waals surface area contributed by atoms with Gasteiger partial charge in [0.1, 0.15) is 24.4 Å². The van der Waals surface area contributed by atoms with Gasteiger partial charge in [0.15, 0.2) is 0 Å². The summed E-state index contributed by atoms with van der Waals surface area (Å²) in [5.74, 6) is 0. The summed E-state index contributed by atoms with van der Waals surface area (Å²) in [6.45, 7) is 2.24. The standard InChI is InChI=1S/C6H14O6.C6H14O3/c7-1-3(9)5(11)6(12)4(10)2-8;1-5(8)4-9-6(2)3-7/h3-12H,1-2H2;5-8H,3-4H2,1-2H3. The van der Waals surface area contributed by atoms with Crippen molar-refractivity contribution in [2.24, 2.45) is 0 Å². The second kappa shape index (κ2) is 13.3. The lowest BCUT2D eigenvalue weighted by Gasteiger charge is -2.24. The van der Waals surface area contributed by atoms with Gasteiger partial charge < -0.3 is 45.6 Å². The number of ether oxygens (including phenoxy) is 1. The van der Waals surface area contributed by atoms with Crippen LogP contribution >= 0.6 is 0 Å². The van der Waals surface area contributed by atoms with E-state index in [1.54, 1.807) is 13.8 Å². The highest BCUT2D eigenvalue weighted by molar-refractivity contribution is 4.79. The van der Waals surface area contributed by atoms with Gasteiger partial charge in [0.25, 0.3) is 0 Å². The molecule has 0 radical (unpaired) electrons. The molecule has 0 saturated carbocycles. The Morgan fingerprint density at radius 1 is 0.714 bits per heavy atom. The predicted octanol–water partition coefficient (Wildman–Crippen LogP) is -3.82. The molecular weight excluding hydrogens is 288 g/mol. The molecule has 21 heavy (non-hydrogen) atoms. The summed E-state index contributed by atoms with van der Waals surface area (Å²) < 4.78 is 4.95. The van der Waals surface area contributed by atoms with Gasteiger partial charge in [-0.25, -0.2) is 0 Å². The lowest BCUT2D eigenvalue weighted by molar-refractivity contribution is -0.123. The summed E-state index contributed by atoms with van der Waals surface area (Å²) in [5.41, 5.74) is 0. The Morgan fingerprint density at radius 2 is 1.10 bits per heavy atom. The van der Waals surface area contributed by atoms with E-state index in [0.717, 1.165) is 0 Å². The van der Waals surface area contributed by atoms with Crippen LogP contribution in [0, 0.1) is 0 Å². The fraction of sp³-hybridized carbons (Fsp3) is 1.00. The van der Waals surface area contributed by atoms with Gasteiger partial charge in [-0.3, -0.25) is 0 Å². The first-order chi connectivity index (χ1) is 9.70. The molecule has 0 fully saturated rings. The second-order valence-corrected chi connectivity index (χ2v) is 4.66. The summed E-state index contributed by atoms with van der Waals surface area (Å²) in [5, 5.41) is 69.3. The summed E-state index contributed by atoms with van der Waals surface area (Å²) in [6.07, 6.45) is -7.00. The largest absolute Gasteiger partial charge is 0.394 e. The van der Waals surface area contributed by atoms with Gasteiger partial charge in [0.2, 0.25) is 0 Å². The van der Waals surface area contributed by atoms with Crippen LogP contribution in [0.3, 0.4) is 0 Å². The molecule has 0 aromatic rings. The average molecular weight is 316 g/mol. The highest BCUT2D eigenvalue weighted by Crippen LogP contribution is 2.04. The third-order valence-corrected chi connectivity index (χ3v) is 2.39. The van der Waals surface area contributed by atoms with E-state index in [2.05, 4.69) is 0 Å². The molecule has 0 aromatic heterocycles. The zero-order valence-corrected chi connectivity index (χ0v) is 12.3. The van der Waals surface area contributed by atoms with Crippen LogP contribution < -0.4 is 0 Å². The Labute approximate surface area is 123 Å². The van der Waals surface area contributed by atoms with E-state index < -0.39 is 43.7 Å². The molecule has 0 aromatic carbocycles. The second-order valence-electron chi connectivity index (χ2n) is 4.66. The van der Waals surface area contributed by atoms with E-state index in [9.17, 15) is 0 Å². The first-order valence-electron chi connectivity index (χ1n) is 6.55. The molecule has 0 heterocycles. The van der Waals surface area contributed by atoms with Crippen LogP contribution in [0.1, 0.15) is 13.8 Å². The maximum Gasteiger partial charge on any atom is 0.111 e. The molecule has 0 aliphatic carbocycles. The fourth-order valence-corrected chi connectivity index (χ4v) is 1.03. The van der Waals surface area contributed by atoms with Crippen LogP contribution in [0.25, 0.3) is 0 Å². The Balaban J connectivity index is 0. The monoisotopic (exact) mass is 316 g/mol. The molecule has 0 aliphatic rings. The SMILES string of the molecule is CC(O)COC(C)CO.OCC(O)C(O)C(O)C(O)CO. The van der Waals surface area contributed by atoms with Crippen molar-refractivity contribution in [2.45, 2.75) is 50.5 Å². The zero-order valence-electron chi connectivity index (χ0n) is 12.3. The molecule has 0 saturated heterocycles. The Hall–Kier alpha value is -0.360. The Bertz CT molecular complexity index is 213. The van der Waals surface area contributed by atoms with Crippen molar-refractivity contribution < 1.29 is 45.6 Å². The van der Waals surface area contributed by atoms with Gasteiger partial charge in [0, 0.05) is 0 Å². The van der Waals surface area contributed by atoms with Crippen molar-refractivity contribution in [3.05, 3.63) is 0 Å². The molecule has 0 amide bonds. The number of rotatable bonds is 9. The summed E-state index contributed by atoms with van der Waals surface area (Å²) in [6, 6.07) is 0. The molecule has 0 rings (SSSR count). The molecule has 9 nitrogen and oxygen atoms in total. The molecule has 0 spiro atoms. The van der Waals surface area contributed by atoms with E-state index in [-0.39, 0.29) is 12.7 Å². The van der Waals surface area contributed by atoms with Gasteiger partial charge >= 0.3 is 0 Å². The molecule has 6 unspecified atom stereocenters. The van der Waals surface area contributed by atoms with Crippen molar-refractivity contribution in [1.82, 2.24) is 0 Å². The van der Waals surface area contributed by atoms with Gasteiger partial charge in [0.05, 0.1) is 38.6 Å². The van der Waals surface area contributed by atoms with Crippen molar-refractivity contribution >= 4 is 0 Å². The summed E-state index contributed by atoms with van der Waals surface area (Å²) in [7, 11) is 0. The van der Waals surface area contributed by atoms with Crippen LogP contribution in [0.2, 0.25) is 0 Å². The van der Waals surface area contributed by atoms with Gasteiger partial charge in [-0.2, -0.15) is 0 Å². The normalized spacial score (nSPS) is 19.7. The maximum atomic E-state index is 8.96. The number of hydrogen-bond acceptors (Lipinski definition) is 9. The molecule has 0 bridgehead atoms. The first kappa shape index (κ1) is 22.9. The van der Waals surface area contributed by atoms with E-state index in [1.165, 1.54) is 0 Å². The van der Waals surface area contributed by atoms with Crippen molar-refractivity contribution in [3.63, 3.8) is 0 Å². The molecule has 9 heteroatoms. The quantitative estimate of drug-likeness (QED) is 0.212. The smallest absolute Gasteiger partial charge is 0.111 e. The third kappa shape index (κ3) is 11.9. The average Bonchev–Trinajstić information content (AvgIpc) is 2.49. The first-order valence-corrected chi connectivity index (χ1v) is 6.55. The summed E-state index contributed by atoms with van der Waals surface area (Å²) >= 11 is 0. The van der Waals surface area contributed by atoms with Crippen LogP contribution in [0.5, 0.6) is 0 Å². The molecule has 130 valence electrons. The van der Waals surface area contributed by atoms with E-state index >= 15 is 0 Å². The fourth-order valence-electron chi connectivity index (χ4n) is 1.03. The minimum Gasteiger partial charge on any atom is -0.394 e. The lowest BCUT2D eigenvalue weighted by Crippen LogP contribution is -2.46. The zero-order chi connectivity index (χ0) is 17.0. The van der Waals surface area contributed by atoms with E-state index in [0.29, 0.717) is 6.61 Å². The van der Waals surface area contributed by atoms with E-state index in [4.69, 9.17) is 45.6 Å². The molecule has 0 aliphatic heterocycles. The topological polar surface area (TPSA) is 171 Å². The minimum absolute atomic E-state index is 0.00667. The predicted molar refractivity (Wildman–Crippen MR) is 72.4 cm³/mol. The van der Waals surface area contributed by atoms with Gasteiger partial charge in [-0.1, -0.05) is 0 Å². The lowest BCUT2D eigenvalue weighted by atomic mass is 10.0. The van der Waals surface area contributed by atoms with Crippen LogP contribution in [0.15, 0.2) is 0 Å². The van der Waals surface area contributed by atoms with Crippen molar-refractivity contribution in [3.8, 4) is 0 Å². The van der Waals surface area contributed by atoms with E-state index in [1.807, 2.05) is 0 Å². The number of aliphatic hydroxyl groups excluding tert-OH is 8. The van der Waals surface area contributed by atoms with Gasteiger partial charge in [-0.05, 0) is 13.8 Å². The van der Waals surface area contributed by atoms with Gasteiger partial charge in [-0.15, -0.1) is 0 Å². The number of aliphatic hydroxyl groups is 8. The maximum absolute atomic E-state index is 8.96. The molecule has 6 atom stereocenters. The minimum atomic E-state index is -1.67. The van der Waals surface area contributed by atoms with Crippen molar-refractivity contribution in [2.75, 3.05) is 26.4 Å². The van der Waals surface area contributed by atoms with Crippen LogP contribution in [0.4, 0.5) is 0 Å². The van der Waals surface area contributed by atoms with Crippen LogP contribution in [-0.4, -0.2) is 104 Å². The molecule has 8 N–H and O–H groups in total. The third-order valence-electron chi connectivity index (χ3n) is 2.39.